The van der Waals surface area contributed by atoms with Crippen molar-refractivity contribution in [1.82, 2.24) is 0 Å². The Hall–Kier alpha value is -1.02. The first-order valence-corrected chi connectivity index (χ1v) is 5.92. The van der Waals surface area contributed by atoms with E-state index in [9.17, 15) is 0 Å². The summed E-state index contributed by atoms with van der Waals surface area (Å²) in [5.41, 5.74) is 9.74. The van der Waals surface area contributed by atoms with Gasteiger partial charge in [-0.15, -0.1) is 0 Å². The minimum Gasteiger partial charge on any atom is -0.488 e. The van der Waals surface area contributed by atoms with Gasteiger partial charge in [0.1, 0.15) is 11.9 Å². The summed E-state index contributed by atoms with van der Waals surface area (Å²) >= 11 is 0. The van der Waals surface area contributed by atoms with E-state index in [-0.39, 0.29) is 11.5 Å². The second kappa shape index (κ2) is 3.77. The van der Waals surface area contributed by atoms with Crippen molar-refractivity contribution < 1.29 is 4.74 Å². The zero-order chi connectivity index (χ0) is 11.9. The SMILES string of the molecule is Cc1cc2c(c(C(C)(C)C)c1)O[C@@H](CN)C2. The van der Waals surface area contributed by atoms with Crippen LogP contribution in [0.5, 0.6) is 5.75 Å². The smallest absolute Gasteiger partial charge is 0.126 e. The van der Waals surface area contributed by atoms with Crippen molar-refractivity contribution in [3.63, 3.8) is 0 Å². The Kier molecular flexibility index (Phi) is 2.70. The number of benzene rings is 1. The molecule has 2 heteroatoms. The summed E-state index contributed by atoms with van der Waals surface area (Å²) in [7, 11) is 0. The first-order chi connectivity index (χ1) is 7.41. The average molecular weight is 219 g/mol. The van der Waals surface area contributed by atoms with Gasteiger partial charge < -0.3 is 10.5 Å². The number of aryl methyl sites for hydroxylation is 1. The normalized spacial score (nSPS) is 19.4. The van der Waals surface area contributed by atoms with E-state index in [4.69, 9.17) is 10.5 Å². The molecule has 0 amide bonds. The molecule has 2 rings (SSSR count). The molecule has 1 aliphatic rings. The molecule has 2 N–H and O–H groups in total. The molecule has 0 radical (unpaired) electrons. The minimum absolute atomic E-state index is 0.125. The van der Waals surface area contributed by atoms with Gasteiger partial charge in [-0.2, -0.15) is 0 Å². The highest BCUT2D eigenvalue weighted by Crippen LogP contribution is 2.39. The molecular weight excluding hydrogens is 198 g/mol. The van der Waals surface area contributed by atoms with Crippen molar-refractivity contribution in [2.24, 2.45) is 5.73 Å². The van der Waals surface area contributed by atoms with Crippen LogP contribution in [0.2, 0.25) is 0 Å². The van der Waals surface area contributed by atoms with E-state index in [0.717, 1.165) is 12.2 Å². The molecule has 1 heterocycles. The molecule has 0 saturated carbocycles. The predicted molar refractivity (Wildman–Crippen MR) is 67.1 cm³/mol. The third kappa shape index (κ3) is 1.94. The van der Waals surface area contributed by atoms with Crippen LogP contribution in [0.25, 0.3) is 0 Å². The highest BCUT2D eigenvalue weighted by Gasteiger charge is 2.29. The second-order valence-electron chi connectivity index (χ2n) is 5.73. The lowest BCUT2D eigenvalue weighted by molar-refractivity contribution is 0.237. The fourth-order valence-corrected chi connectivity index (χ4v) is 2.28. The molecule has 0 bridgehead atoms. The maximum absolute atomic E-state index is 5.94. The number of rotatable bonds is 1. The fourth-order valence-electron chi connectivity index (χ4n) is 2.28. The monoisotopic (exact) mass is 219 g/mol. The van der Waals surface area contributed by atoms with Crippen molar-refractivity contribution in [1.29, 1.82) is 0 Å². The van der Waals surface area contributed by atoms with Crippen molar-refractivity contribution in [3.05, 3.63) is 28.8 Å². The van der Waals surface area contributed by atoms with Crippen molar-refractivity contribution in [2.45, 2.75) is 45.6 Å². The summed E-state index contributed by atoms with van der Waals surface area (Å²) in [6.07, 6.45) is 1.12. The number of nitrogens with two attached hydrogens (primary N) is 1. The Morgan fingerprint density at radius 3 is 2.62 bits per heavy atom. The van der Waals surface area contributed by atoms with Crippen LogP contribution in [0.4, 0.5) is 0 Å². The summed E-state index contributed by atoms with van der Waals surface area (Å²) in [4.78, 5) is 0. The predicted octanol–water partition coefficient (Wildman–Crippen LogP) is 2.55. The summed E-state index contributed by atoms with van der Waals surface area (Å²) < 4.78 is 5.94. The van der Waals surface area contributed by atoms with Gasteiger partial charge in [0.25, 0.3) is 0 Å². The highest BCUT2D eigenvalue weighted by molar-refractivity contribution is 5.50. The van der Waals surface area contributed by atoms with Gasteiger partial charge in [-0.1, -0.05) is 38.5 Å². The third-order valence-corrected chi connectivity index (χ3v) is 3.11. The van der Waals surface area contributed by atoms with Crippen molar-refractivity contribution in [3.8, 4) is 5.75 Å². The molecule has 0 fully saturated rings. The van der Waals surface area contributed by atoms with Gasteiger partial charge in [-0.05, 0) is 17.9 Å². The van der Waals surface area contributed by atoms with Crippen LogP contribution in [0.3, 0.4) is 0 Å². The molecule has 16 heavy (non-hydrogen) atoms. The Morgan fingerprint density at radius 2 is 2.06 bits per heavy atom. The summed E-state index contributed by atoms with van der Waals surface area (Å²) in [5, 5.41) is 0. The molecule has 0 spiro atoms. The van der Waals surface area contributed by atoms with Crippen LogP contribution >= 0.6 is 0 Å². The standard InChI is InChI=1S/C14H21NO/c1-9-5-10-7-11(8-15)16-13(10)12(6-9)14(2,3)4/h5-6,11H,7-8,15H2,1-4H3/t11-/m1/s1. The van der Waals surface area contributed by atoms with Crippen LogP contribution in [0, 0.1) is 6.92 Å². The Bertz CT molecular complexity index is 404. The molecule has 0 unspecified atom stereocenters. The Balaban J connectivity index is 2.49. The number of ether oxygens (including phenoxy) is 1. The van der Waals surface area contributed by atoms with Gasteiger partial charge in [-0.3, -0.25) is 0 Å². The molecule has 2 nitrogen and oxygen atoms in total. The van der Waals surface area contributed by atoms with E-state index < -0.39 is 0 Å². The van der Waals surface area contributed by atoms with Crippen LogP contribution in [0.15, 0.2) is 12.1 Å². The lowest BCUT2D eigenvalue weighted by Gasteiger charge is -2.23. The molecule has 0 saturated heterocycles. The van der Waals surface area contributed by atoms with Crippen LogP contribution < -0.4 is 10.5 Å². The van der Waals surface area contributed by atoms with Gasteiger partial charge in [0.15, 0.2) is 0 Å². The van der Waals surface area contributed by atoms with E-state index in [1.807, 2.05) is 0 Å². The Morgan fingerprint density at radius 1 is 1.38 bits per heavy atom. The molecule has 0 aliphatic carbocycles. The molecule has 88 valence electrons. The number of fused-ring (bicyclic) bond motifs is 1. The molecule has 1 aliphatic heterocycles. The maximum atomic E-state index is 5.94. The zero-order valence-corrected chi connectivity index (χ0v) is 10.6. The van der Waals surface area contributed by atoms with E-state index >= 15 is 0 Å². The quantitative estimate of drug-likeness (QED) is 0.788. The van der Waals surface area contributed by atoms with E-state index in [1.54, 1.807) is 0 Å². The van der Waals surface area contributed by atoms with Crippen molar-refractivity contribution in [2.75, 3.05) is 6.54 Å². The topological polar surface area (TPSA) is 35.2 Å². The largest absolute Gasteiger partial charge is 0.488 e. The minimum atomic E-state index is 0.125. The summed E-state index contributed by atoms with van der Waals surface area (Å²) in [6, 6.07) is 4.46. The molecular formula is C14H21NO. The van der Waals surface area contributed by atoms with Gasteiger partial charge in [-0.25, -0.2) is 0 Å². The lowest BCUT2D eigenvalue weighted by Crippen LogP contribution is -2.24. The van der Waals surface area contributed by atoms with E-state index in [0.29, 0.717) is 6.54 Å². The first-order valence-electron chi connectivity index (χ1n) is 5.92. The van der Waals surface area contributed by atoms with Gasteiger partial charge >= 0.3 is 0 Å². The fraction of sp³-hybridized carbons (Fsp3) is 0.571. The van der Waals surface area contributed by atoms with Gasteiger partial charge in [0.05, 0.1) is 0 Å². The molecule has 0 aromatic heterocycles. The van der Waals surface area contributed by atoms with Gasteiger partial charge in [0, 0.05) is 18.5 Å². The van der Waals surface area contributed by atoms with Gasteiger partial charge in [0.2, 0.25) is 0 Å². The third-order valence-electron chi connectivity index (χ3n) is 3.11. The summed E-state index contributed by atoms with van der Waals surface area (Å²) in [6.45, 7) is 9.41. The van der Waals surface area contributed by atoms with Crippen LogP contribution in [-0.2, 0) is 11.8 Å². The highest BCUT2D eigenvalue weighted by atomic mass is 16.5. The zero-order valence-electron chi connectivity index (χ0n) is 10.6. The maximum Gasteiger partial charge on any atom is 0.126 e. The van der Waals surface area contributed by atoms with Crippen molar-refractivity contribution >= 4 is 0 Å². The molecule has 1 aromatic carbocycles. The molecule has 1 atom stereocenters. The number of hydrogen-bond donors (Lipinski definition) is 1. The first kappa shape index (κ1) is 11.5. The molecule has 1 aromatic rings. The van der Waals surface area contributed by atoms with Crippen LogP contribution in [0.1, 0.15) is 37.5 Å². The lowest BCUT2D eigenvalue weighted by atomic mass is 9.84. The Labute approximate surface area is 97.8 Å². The van der Waals surface area contributed by atoms with E-state index in [1.165, 1.54) is 16.7 Å². The van der Waals surface area contributed by atoms with E-state index in [2.05, 4.69) is 39.8 Å². The summed E-state index contributed by atoms with van der Waals surface area (Å²) in [5.74, 6) is 1.08. The van der Waals surface area contributed by atoms with Crippen LogP contribution in [-0.4, -0.2) is 12.6 Å². The second-order valence-corrected chi connectivity index (χ2v) is 5.73. The average Bonchev–Trinajstić information content (AvgIpc) is 2.57. The number of hydrogen-bond acceptors (Lipinski definition) is 2.